The molecule has 0 aromatic heterocycles. The molecule has 30 heavy (non-hydrogen) atoms. The number of anilines is 2. The maximum absolute atomic E-state index is 13.0. The molecule has 0 atom stereocenters. The summed E-state index contributed by atoms with van der Waals surface area (Å²) >= 11 is 0. The number of carbonyl (C=O) groups excluding carboxylic acids is 2. The number of Topliss-reactive ketones (excluding diaryl/α,β-unsaturated/α-hetero) is 1. The van der Waals surface area contributed by atoms with Gasteiger partial charge in [-0.1, -0.05) is 12.5 Å². The van der Waals surface area contributed by atoms with Gasteiger partial charge in [-0.25, -0.2) is 8.42 Å². The molecule has 1 aliphatic rings. The van der Waals surface area contributed by atoms with Crippen LogP contribution in [0.15, 0.2) is 47.4 Å². The van der Waals surface area contributed by atoms with Gasteiger partial charge in [0.2, 0.25) is 15.9 Å². The molecule has 0 bridgehead atoms. The average Bonchev–Trinajstić information content (AvgIpc) is 2.74. The van der Waals surface area contributed by atoms with Gasteiger partial charge in [0, 0.05) is 30.0 Å². The number of benzene rings is 2. The Balaban J connectivity index is 1.65. The van der Waals surface area contributed by atoms with Crippen LogP contribution in [0.4, 0.5) is 11.4 Å². The van der Waals surface area contributed by atoms with Crippen molar-refractivity contribution < 1.29 is 18.0 Å². The van der Waals surface area contributed by atoms with Gasteiger partial charge in [-0.05, 0) is 68.7 Å². The molecular weight excluding hydrogens is 402 g/mol. The van der Waals surface area contributed by atoms with E-state index in [-0.39, 0.29) is 23.1 Å². The molecule has 7 nitrogen and oxygen atoms in total. The summed E-state index contributed by atoms with van der Waals surface area (Å²) in [6.45, 7) is 4.34. The highest BCUT2D eigenvalue weighted by molar-refractivity contribution is 7.89. The molecule has 0 radical (unpaired) electrons. The zero-order valence-electron chi connectivity index (χ0n) is 17.3. The standard InChI is InChI=1S/C22H27N3O4S/c1-16-6-9-20(14-21(16)30(28,29)25-12-4-3-5-13-25)24-22(27)15-23-19-10-7-18(8-11-19)17(2)26/h6-11,14,23H,3-5,12-13,15H2,1-2H3,(H,24,27). The highest BCUT2D eigenvalue weighted by Crippen LogP contribution is 2.26. The monoisotopic (exact) mass is 429 g/mol. The molecule has 1 amide bonds. The second-order valence-corrected chi connectivity index (χ2v) is 9.39. The molecule has 0 spiro atoms. The number of carbonyl (C=O) groups is 2. The Morgan fingerprint density at radius 3 is 2.23 bits per heavy atom. The molecule has 1 saturated heterocycles. The molecule has 2 N–H and O–H groups in total. The lowest BCUT2D eigenvalue weighted by molar-refractivity contribution is -0.114. The minimum absolute atomic E-state index is 0.0154. The maximum Gasteiger partial charge on any atom is 0.243 e. The Hall–Kier alpha value is -2.71. The molecule has 0 saturated carbocycles. The second kappa shape index (κ2) is 9.40. The number of nitrogens with zero attached hydrogens (tertiary/aromatic N) is 1. The normalized spacial score (nSPS) is 14.9. The molecule has 0 unspecified atom stereocenters. The van der Waals surface area contributed by atoms with Crippen molar-refractivity contribution in [3.8, 4) is 0 Å². The average molecular weight is 430 g/mol. The van der Waals surface area contributed by atoms with E-state index < -0.39 is 10.0 Å². The van der Waals surface area contributed by atoms with Crippen molar-refractivity contribution in [2.75, 3.05) is 30.3 Å². The summed E-state index contributed by atoms with van der Waals surface area (Å²) < 4.78 is 27.5. The van der Waals surface area contributed by atoms with Crippen molar-refractivity contribution >= 4 is 33.1 Å². The Kier molecular flexibility index (Phi) is 6.89. The number of hydrogen-bond acceptors (Lipinski definition) is 5. The van der Waals surface area contributed by atoms with Crippen LogP contribution in [0.25, 0.3) is 0 Å². The van der Waals surface area contributed by atoms with E-state index in [1.807, 2.05) is 0 Å². The van der Waals surface area contributed by atoms with Crippen LogP contribution in [0.3, 0.4) is 0 Å². The number of sulfonamides is 1. The molecule has 0 aliphatic carbocycles. The van der Waals surface area contributed by atoms with E-state index in [0.717, 1.165) is 19.3 Å². The summed E-state index contributed by atoms with van der Waals surface area (Å²) in [5.41, 5.74) is 2.41. The van der Waals surface area contributed by atoms with E-state index >= 15 is 0 Å². The first kappa shape index (κ1) is 22.0. The summed E-state index contributed by atoms with van der Waals surface area (Å²) in [5.74, 6) is -0.315. The lowest BCUT2D eigenvalue weighted by Crippen LogP contribution is -2.36. The summed E-state index contributed by atoms with van der Waals surface area (Å²) in [6, 6.07) is 11.8. The predicted octanol–water partition coefficient (Wildman–Crippen LogP) is 3.42. The number of piperidine rings is 1. The molecule has 3 rings (SSSR count). The quantitative estimate of drug-likeness (QED) is 0.658. The number of nitrogens with one attached hydrogen (secondary N) is 2. The fourth-order valence-electron chi connectivity index (χ4n) is 3.41. The highest BCUT2D eigenvalue weighted by atomic mass is 32.2. The highest BCUT2D eigenvalue weighted by Gasteiger charge is 2.27. The van der Waals surface area contributed by atoms with Gasteiger partial charge in [0.25, 0.3) is 0 Å². The van der Waals surface area contributed by atoms with Crippen LogP contribution in [-0.4, -0.2) is 44.0 Å². The number of amides is 1. The van der Waals surface area contributed by atoms with E-state index in [2.05, 4.69) is 10.6 Å². The van der Waals surface area contributed by atoms with Crippen molar-refractivity contribution in [1.29, 1.82) is 0 Å². The zero-order chi connectivity index (χ0) is 21.7. The maximum atomic E-state index is 13.0. The van der Waals surface area contributed by atoms with Crippen molar-refractivity contribution in [1.82, 2.24) is 4.31 Å². The molecule has 8 heteroatoms. The first-order chi connectivity index (χ1) is 14.3. The summed E-state index contributed by atoms with van der Waals surface area (Å²) in [5, 5.41) is 5.73. The molecular formula is C22H27N3O4S. The van der Waals surface area contributed by atoms with Gasteiger partial charge < -0.3 is 10.6 Å². The molecule has 1 fully saturated rings. The molecule has 2 aromatic rings. The van der Waals surface area contributed by atoms with Crippen molar-refractivity contribution in [3.05, 3.63) is 53.6 Å². The number of aryl methyl sites for hydroxylation is 1. The Labute approximate surface area is 177 Å². The van der Waals surface area contributed by atoms with Crippen LogP contribution in [0, 0.1) is 6.92 Å². The Bertz CT molecular complexity index is 1030. The van der Waals surface area contributed by atoms with Gasteiger partial charge in [-0.3, -0.25) is 9.59 Å². The molecule has 2 aromatic carbocycles. The van der Waals surface area contributed by atoms with Crippen LogP contribution in [0.1, 0.15) is 42.1 Å². The van der Waals surface area contributed by atoms with Gasteiger partial charge in [0.15, 0.2) is 5.78 Å². The fourth-order valence-corrected chi connectivity index (χ4v) is 5.18. The largest absolute Gasteiger partial charge is 0.376 e. The molecule has 160 valence electrons. The third-order valence-corrected chi connectivity index (χ3v) is 7.19. The van der Waals surface area contributed by atoms with Gasteiger partial charge >= 0.3 is 0 Å². The topological polar surface area (TPSA) is 95.6 Å². The molecule has 1 heterocycles. The van der Waals surface area contributed by atoms with Crippen LogP contribution in [-0.2, 0) is 14.8 Å². The first-order valence-corrected chi connectivity index (χ1v) is 11.5. The van der Waals surface area contributed by atoms with Gasteiger partial charge in [-0.15, -0.1) is 0 Å². The molecule has 1 aliphatic heterocycles. The number of hydrogen-bond donors (Lipinski definition) is 2. The van der Waals surface area contributed by atoms with Crippen LogP contribution >= 0.6 is 0 Å². The van der Waals surface area contributed by atoms with Crippen LogP contribution in [0.2, 0.25) is 0 Å². The van der Waals surface area contributed by atoms with Crippen molar-refractivity contribution in [3.63, 3.8) is 0 Å². The second-order valence-electron chi connectivity index (χ2n) is 7.48. The minimum Gasteiger partial charge on any atom is -0.376 e. The van der Waals surface area contributed by atoms with Gasteiger partial charge in [-0.2, -0.15) is 4.31 Å². The van der Waals surface area contributed by atoms with E-state index in [4.69, 9.17) is 0 Å². The first-order valence-electron chi connectivity index (χ1n) is 10.0. The van der Waals surface area contributed by atoms with E-state index in [0.29, 0.717) is 35.6 Å². The van der Waals surface area contributed by atoms with Crippen molar-refractivity contribution in [2.45, 2.75) is 38.0 Å². The lowest BCUT2D eigenvalue weighted by atomic mass is 10.1. The van der Waals surface area contributed by atoms with Crippen LogP contribution in [0.5, 0.6) is 0 Å². The summed E-state index contributed by atoms with van der Waals surface area (Å²) in [6.07, 6.45) is 2.78. The van der Waals surface area contributed by atoms with Crippen molar-refractivity contribution in [2.24, 2.45) is 0 Å². The van der Waals surface area contributed by atoms with Crippen LogP contribution < -0.4 is 10.6 Å². The Morgan fingerprint density at radius 2 is 1.60 bits per heavy atom. The van der Waals surface area contributed by atoms with Gasteiger partial charge in [0.05, 0.1) is 11.4 Å². The van der Waals surface area contributed by atoms with E-state index in [9.17, 15) is 18.0 Å². The van der Waals surface area contributed by atoms with E-state index in [1.165, 1.54) is 17.3 Å². The smallest absolute Gasteiger partial charge is 0.243 e. The third kappa shape index (κ3) is 5.25. The minimum atomic E-state index is -3.58. The number of ketones is 1. The number of rotatable bonds is 7. The predicted molar refractivity (Wildman–Crippen MR) is 117 cm³/mol. The third-order valence-electron chi connectivity index (χ3n) is 5.15. The summed E-state index contributed by atoms with van der Waals surface area (Å²) in [7, 11) is -3.58. The lowest BCUT2D eigenvalue weighted by Gasteiger charge is -2.26. The Morgan fingerprint density at radius 1 is 0.967 bits per heavy atom. The SMILES string of the molecule is CC(=O)c1ccc(NCC(=O)Nc2ccc(C)c(S(=O)(=O)N3CCCCC3)c2)cc1. The zero-order valence-corrected chi connectivity index (χ0v) is 18.1. The van der Waals surface area contributed by atoms with Gasteiger partial charge in [0.1, 0.15) is 0 Å². The van der Waals surface area contributed by atoms with E-state index in [1.54, 1.807) is 43.3 Å². The fraction of sp³-hybridized carbons (Fsp3) is 0.364. The summed E-state index contributed by atoms with van der Waals surface area (Å²) in [4.78, 5) is 23.9.